The van der Waals surface area contributed by atoms with E-state index < -0.39 is 5.41 Å². The molecule has 1 N–H and O–H groups in total. The van der Waals surface area contributed by atoms with Gasteiger partial charge >= 0.3 is 0 Å². The molecule has 3 aliphatic rings. The van der Waals surface area contributed by atoms with E-state index in [-0.39, 0.29) is 11.8 Å². The number of amides is 2. The van der Waals surface area contributed by atoms with Crippen molar-refractivity contribution in [1.82, 2.24) is 15.1 Å². The third kappa shape index (κ3) is 8.03. The third-order valence-electron chi connectivity index (χ3n) is 9.13. The number of hydrogen-bond acceptors (Lipinski definition) is 5. The average molecular weight is 562 g/mol. The molecule has 0 aliphatic carbocycles. The van der Waals surface area contributed by atoms with Crippen molar-refractivity contribution in [3.8, 4) is 11.5 Å². The Hall–Kier alpha value is -3.06. The highest BCUT2D eigenvalue weighted by Gasteiger charge is 2.41. The number of likely N-dealkylation sites (tertiary alicyclic amines) is 2. The van der Waals surface area contributed by atoms with Crippen molar-refractivity contribution in [2.24, 2.45) is 5.41 Å². The SMILES string of the molecule is O=C(c1cccc(OCCN2CCCCCC2)c1)N1CCC2(CCCCc3ccccc3OCCCNC2=O)CC1. The standard InChI is InChI=1S/C34H47N3O4/c38-32(29-13-9-14-30(27-29)40-26-24-36-20-7-1-2-8-21-36)37-22-17-34(18-23-37)16-6-5-12-28-11-3-4-15-31(28)41-25-10-19-35-33(34)39/h3-4,9,11,13-15,27H,1-2,5-8,10,12,16-26H2,(H,35,39). The van der Waals surface area contributed by atoms with Crippen molar-refractivity contribution in [3.05, 3.63) is 59.7 Å². The summed E-state index contributed by atoms with van der Waals surface area (Å²) in [5, 5.41) is 3.19. The lowest BCUT2D eigenvalue weighted by Gasteiger charge is -2.41. The maximum Gasteiger partial charge on any atom is 0.253 e. The lowest BCUT2D eigenvalue weighted by molar-refractivity contribution is -0.134. The van der Waals surface area contributed by atoms with Crippen LogP contribution in [0.3, 0.4) is 0 Å². The van der Waals surface area contributed by atoms with Gasteiger partial charge in [0.2, 0.25) is 5.91 Å². The Morgan fingerprint density at radius 3 is 2.51 bits per heavy atom. The largest absolute Gasteiger partial charge is 0.493 e. The van der Waals surface area contributed by atoms with Crippen LogP contribution in [-0.2, 0) is 11.2 Å². The number of para-hydroxylation sites is 1. The van der Waals surface area contributed by atoms with Crippen LogP contribution in [0.1, 0.15) is 80.1 Å². The molecule has 222 valence electrons. The van der Waals surface area contributed by atoms with Gasteiger partial charge in [0.25, 0.3) is 5.91 Å². The van der Waals surface area contributed by atoms with Crippen LogP contribution in [-0.4, -0.2) is 74.1 Å². The summed E-state index contributed by atoms with van der Waals surface area (Å²) in [4.78, 5) is 31.3. The molecule has 5 rings (SSSR count). The molecule has 2 fully saturated rings. The first-order chi connectivity index (χ1) is 20.1. The van der Waals surface area contributed by atoms with Crippen LogP contribution in [0.15, 0.2) is 48.5 Å². The lowest BCUT2D eigenvalue weighted by atomic mass is 9.73. The normalized spacial score (nSPS) is 20.8. The molecule has 7 nitrogen and oxygen atoms in total. The zero-order chi connectivity index (χ0) is 28.3. The zero-order valence-corrected chi connectivity index (χ0v) is 24.6. The van der Waals surface area contributed by atoms with Gasteiger partial charge < -0.3 is 19.7 Å². The summed E-state index contributed by atoms with van der Waals surface area (Å²) in [5.74, 6) is 1.88. The second kappa shape index (κ2) is 14.7. The minimum Gasteiger partial charge on any atom is -0.493 e. The fourth-order valence-corrected chi connectivity index (χ4v) is 6.56. The summed E-state index contributed by atoms with van der Waals surface area (Å²) in [6.07, 6.45) is 11.2. The number of aryl methyl sites for hydroxylation is 1. The Kier molecular flexibility index (Phi) is 10.6. The number of piperidine rings is 1. The number of carbonyl (C=O) groups excluding carboxylic acids is 2. The van der Waals surface area contributed by atoms with Crippen molar-refractivity contribution in [2.75, 3.05) is 52.5 Å². The van der Waals surface area contributed by atoms with Crippen LogP contribution >= 0.6 is 0 Å². The van der Waals surface area contributed by atoms with Gasteiger partial charge in [0, 0.05) is 31.7 Å². The number of ether oxygens (including phenoxy) is 2. The van der Waals surface area contributed by atoms with E-state index in [1.165, 1.54) is 31.2 Å². The molecule has 3 heterocycles. The van der Waals surface area contributed by atoms with E-state index >= 15 is 0 Å². The third-order valence-corrected chi connectivity index (χ3v) is 9.13. The van der Waals surface area contributed by atoms with Crippen LogP contribution in [0.5, 0.6) is 11.5 Å². The Bertz CT molecular complexity index is 1140. The van der Waals surface area contributed by atoms with Crippen molar-refractivity contribution < 1.29 is 19.1 Å². The van der Waals surface area contributed by atoms with Gasteiger partial charge in [0.05, 0.1) is 12.0 Å². The summed E-state index contributed by atoms with van der Waals surface area (Å²) in [6.45, 7) is 6.25. The van der Waals surface area contributed by atoms with Crippen LogP contribution < -0.4 is 14.8 Å². The first-order valence-electron chi connectivity index (χ1n) is 15.9. The summed E-state index contributed by atoms with van der Waals surface area (Å²) in [6, 6.07) is 15.9. The van der Waals surface area contributed by atoms with Crippen molar-refractivity contribution in [3.63, 3.8) is 0 Å². The van der Waals surface area contributed by atoms with Crippen molar-refractivity contribution >= 4 is 11.8 Å². The molecule has 0 aromatic heterocycles. The van der Waals surface area contributed by atoms with E-state index in [4.69, 9.17) is 9.47 Å². The number of carbonyl (C=O) groups is 2. The Balaban J connectivity index is 1.15. The highest BCUT2D eigenvalue weighted by molar-refractivity contribution is 5.95. The highest BCUT2D eigenvalue weighted by Crippen LogP contribution is 2.38. The molecule has 41 heavy (non-hydrogen) atoms. The van der Waals surface area contributed by atoms with Crippen LogP contribution in [0.4, 0.5) is 0 Å². The predicted octanol–water partition coefficient (Wildman–Crippen LogP) is 5.48. The predicted molar refractivity (Wildman–Crippen MR) is 162 cm³/mol. The molecular weight excluding hydrogens is 514 g/mol. The van der Waals surface area contributed by atoms with E-state index in [9.17, 15) is 9.59 Å². The lowest BCUT2D eigenvalue weighted by Crippen LogP contribution is -2.50. The molecule has 2 saturated heterocycles. The van der Waals surface area contributed by atoms with Gasteiger partial charge in [-0.1, -0.05) is 43.5 Å². The summed E-state index contributed by atoms with van der Waals surface area (Å²) < 4.78 is 12.1. The van der Waals surface area contributed by atoms with Gasteiger partial charge in [0.1, 0.15) is 18.1 Å². The monoisotopic (exact) mass is 561 g/mol. The van der Waals surface area contributed by atoms with E-state index in [2.05, 4.69) is 22.3 Å². The Morgan fingerprint density at radius 2 is 1.68 bits per heavy atom. The van der Waals surface area contributed by atoms with E-state index in [0.717, 1.165) is 63.2 Å². The molecule has 0 bridgehead atoms. The Morgan fingerprint density at radius 1 is 0.878 bits per heavy atom. The zero-order valence-electron chi connectivity index (χ0n) is 24.6. The number of hydrogen-bond donors (Lipinski definition) is 1. The fraction of sp³-hybridized carbons (Fsp3) is 0.588. The first kappa shape index (κ1) is 29.4. The second-order valence-corrected chi connectivity index (χ2v) is 12.0. The molecule has 0 saturated carbocycles. The Labute approximate surface area is 245 Å². The number of rotatable bonds is 5. The minimum atomic E-state index is -0.413. The summed E-state index contributed by atoms with van der Waals surface area (Å²) in [7, 11) is 0. The van der Waals surface area contributed by atoms with E-state index in [1.807, 2.05) is 41.3 Å². The van der Waals surface area contributed by atoms with Gasteiger partial charge in [-0.3, -0.25) is 14.5 Å². The molecule has 0 atom stereocenters. The molecule has 7 heteroatoms. The molecule has 0 unspecified atom stereocenters. The van der Waals surface area contributed by atoms with Crippen LogP contribution in [0.25, 0.3) is 0 Å². The maximum atomic E-state index is 13.5. The number of fused-ring (bicyclic) bond motifs is 1. The molecule has 3 aliphatic heterocycles. The second-order valence-electron chi connectivity index (χ2n) is 12.0. The number of nitrogens with one attached hydrogen (secondary N) is 1. The maximum absolute atomic E-state index is 13.5. The van der Waals surface area contributed by atoms with Gasteiger partial charge in [0.15, 0.2) is 0 Å². The summed E-state index contributed by atoms with van der Waals surface area (Å²) in [5.41, 5.74) is 1.49. The fourth-order valence-electron chi connectivity index (χ4n) is 6.56. The van der Waals surface area contributed by atoms with Crippen molar-refractivity contribution in [1.29, 1.82) is 0 Å². The molecule has 1 spiro atoms. The molecule has 2 aromatic rings. The van der Waals surface area contributed by atoms with E-state index in [1.54, 1.807) is 0 Å². The number of nitrogens with zero attached hydrogens (tertiary/aromatic N) is 2. The van der Waals surface area contributed by atoms with Gasteiger partial charge in [-0.25, -0.2) is 0 Å². The quantitative estimate of drug-likeness (QED) is 0.524. The smallest absolute Gasteiger partial charge is 0.253 e. The molecule has 2 amide bonds. The van der Waals surface area contributed by atoms with Crippen molar-refractivity contribution in [2.45, 2.75) is 70.6 Å². The minimum absolute atomic E-state index is 0.0247. The molecule has 0 radical (unpaired) electrons. The highest BCUT2D eigenvalue weighted by atomic mass is 16.5. The summed E-state index contributed by atoms with van der Waals surface area (Å²) >= 11 is 0. The van der Waals surface area contributed by atoms with Crippen LogP contribution in [0.2, 0.25) is 0 Å². The average Bonchev–Trinajstić information content (AvgIpc) is 3.28. The topological polar surface area (TPSA) is 71.1 Å². The van der Waals surface area contributed by atoms with Gasteiger partial charge in [-0.05, 0) is 94.3 Å². The molecule has 2 aromatic carbocycles. The molecular formula is C34H47N3O4. The van der Waals surface area contributed by atoms with Gasteiger partial charge in [-0.2, -0.15) is 0 Å². The first-order valence-corrected chi connectivity index (χ1v) is 15.9. The number of benzene rings is 2. The van der Waals surface area contributed by atoms with Gasteiger partial charge in [-0.15, -0.1) is 0 Å². The van der Waals surface area contributed by atoms with E-state index in [0.29, 0.717) is 51.3 Å². The van der Waals surface area contributed by atoms with Crippen LogP contribution in [0, 0.1) is 5.41 Å².